The Hall–Kier alpha value is 0.800. The number of carbonyl (C=O) groups excluding carboxylic acids is 1. The molecule has 7 heteroatoms. The average molecular weight is 258 g/mol. The van der Waals surface area contributed by atoms with Crippen LogP contribution >= 0.6 is 0 Å². The standard InChI is InChI=1S/C9H10O4S.2Na/c1-2-6-3-4-7(9(10)11)5-8(6)14(12)13;;/h3-5H,2H2,1H3,(H,10,11)(H,12,13);;/q;2*+1/p-2. The molecule has 0 N–H and O–H groups in total. The Morgan fingerprint density at radius 3 is 2.31 bits per heavy atom. The summed E-state index contributed by atoms with van der Waals surface area (Å²) in [6.45, 7) is 1.80. The Bertz CT molecular complexity index is 395. The smallest absolute Gasteiger partial charge is 0.768 e. The van der Waals surface area contributed by atoms with Gasteiger partial charge in [0.2, 0.25) is 0 Å². The summed E-state index contributed by atoms with van der Waals surface area (Å²) in [5.74, 6) is -1.38. The maximum absolute atomic E-state index is 10.7. The molecule has 0 aromatic heterocycles. The van der Waals surface area contributed by atoms with Crippen molar-refractivity contribution in [1.29, 1.82) is 0 Å². The van der Waals surface area contributed by atoms with Gasteiger partial charge in [0.15, 0.2) is 0 Å². The predicted octanol–water partition coefficient (Wildman–Crippen LogP) is -6.14. The third-order valence-electron chi connectivity index (χ3n) is 1.86. The van der Waals surface area contributed by atoms with Gasteiger partial charge >= 0.3 is 59.1 Å². The van der Waals surface area contributed by atoms with Crippen LogP contribution in [0.2, 0.25) is 0 Å². The molecule has 0 aliphatic carbocycles. The molecule has 76 valence electrons. The third-order valence-corrected chi connectivity index (χ3v) is 2.60. The van der Waals surface area contributed by atoms with Crippen LogP contribution < -0.4 is 64.2 Å². The van der Waals surface area contributed by atoms with Crippen LogP contribution in [0.5, 0.6) is 0 Å². The quantitative estimate of drug-likeness (QED) is 0.399. The SMILES string of the molecule is CCc1ccc(C(=O)[O-])cc1S(=O)[O-].[Na+].[Na+]. The van der Waals surface area contributed by atoms with Crippen LogP contribution in [0.1, 0.15) is 22.8 Å². The first kappa shape index (κ1) is 19.1. The van der Waals surface area contributed by atoms with Crippen LogP contribution in [0.3, 0.4) is 0 Å². The second-order valence-electron chi connectivity index (χ2n) is 2.70. The van der Waals surface area contributed by atoms with Gasteiger partial charge in [-0.1, -0.05) is 19.1 Å². The molecular formula is C9H8Na2O4S. The van der Waals surface area contributed by atoms with E-state index in [1.807, 2.05) is 0 Å². The number of aromatic carboxylic acids is 1. The number of benzene rings is 1. The number of carbonyl (C=O) groups is 1. The summed E-state index contributed by atoms with van der Waals surface area (Å²) >= 11 is -2.41. The number of carboxylic acids is 1. The molecule has 0 bridgehead atoms. The minimum Gasteiger partial charge on any atom is -0.768 e. The number of aryl methyl sites for hydroxylation is 1. The Balaban J connectivity index is 0. The van der Waals surface area contributed by atoms with Gasteiger partial charge in [-0.2, -0.15) is 0 Å². The van der Waals surface area contributed by atoms with E-state index in [1.165, 1.54) is 12.1 Å². The van der Waals surface area contributed by atoms with Crippen molar-refractivity contribution in [3.05, 3.63) is 29.3 Å². The molecule has 0 aliphatic rings. The Labute approximate surface area is 141 Å². The monoisotopic (exact) mass is 258 g/mol. The first-order chi connectivity index (χ1) is 6.56. The van der Waals surface area contributed by atoms with Gasteiger partial charge in [-0.15, -0.1) is 0 Å². The van der Waals surface area contributed by atoms with Crippen LogP contribution in [-0.2, 0) is 17.5 Å². The molecule has 1 aromatic rings. The fourth-order valence-electron chi connectivity index (χ4n) is 1.13. The average Bonchev–Trinajstić information content (AvgIpc) is 2.16. The Morgan fingerprint density at radius 2 is 1.94 bits per heavy atom. The van der Waals surface area contributed by atoms with Crippen LogP contribution in [0.15, 0.2) is 23.1 Å². The third kappa shape index (κ3) is 4.98. The van der Waals surface area contributed by atoms with Gasteiger partial charge in [0.05, 0.1) is 5.97 Å². The first-order valence-electron chi connectivity index (χ1n) is 3.99. The molecule has 0 radical (unpaired) electrons. The van der Waals surface area contributed by atoms with E-state index in [4.69, 9.17) is 0 Å². The van der Waals surface area contributed by atoms with Crippen molar-refractivity contribution in [1.82, 2.24) is 0 Å². The summed E-state index contributed by atoms with van der Waals surface area (Å²) < 4.78 is 21.5. The zero-order chi connectivity index (χ0) is 10.7. The zero-order valence-corrected chi connectivity index (χ0v) is 14.3. The summed E-state index contributed by atoms with van der Waals surface area (Å²) in [5.41, 5.74) is 0.477. The van der Waals surface area contributed by atoms with E-state index >= 15 is 0 Å². The molecule has 16 heavy (non-hydrogen) atoms. The van der Waals surface area contributed by atoms with Gasteiger partial charge in [-0.25, -0.2) is 0 Å². The maximum Gasteiger partial charge on any atom is 1.00 e. The number of hydrogen-bond acceptors (Lipinski definition) is 4. The summed E-state index contributed by atoms with van der Waals surface area (Å²) in [5, 5.41) is 10.5. The summed E-state index contributed by atoms with van der Waals surface area (Å²) in [4.78, 5) is 10.5. The van der Waals surface area contributed by atoms with Crippen molar-refractivity contribution >= 4 is 17.0 Å². The van der Waals surface area contributed by atoms with Gasteiger partial charge < -0.3 is 14.5 Å². The molecule has 0 saturated carbocycles. The molecule has 1 atom stereocenters. The van der Waals surface area contributed by atoms with E-state index in [0.29, 0.717) is 12.0 Å². The number of carboxylic acid groups (broad SMARTS) is 1. The van der Waals surface area contributed by atoms with E-state index in [2.05, 4.69) is 0 Å². The molecule has 0 spiro atoms. The van der Waals surface area contributed by atoms with E-state index in [1.54, 1.807) is 6.92 Å². The van der Waals surface area contributed by atoms with Crippen LogP contribution in [0.25, 0.3) is 0 Å². The van der Waals surface area contributed by atoms with Gasteiger partial charge in [0.1, 0.15) is 0 Å². The topological polar surface area (TPSA) is 80.3 Å². The number of rotatable bonds is 3. The molecule has 1 unspecified atom stereocenters. The first-order valence-corrected chi connectivity index (χ1v) is 5.07. The van der Waals surface area contributed by atoms with Gasteiger partial charge in [-0.3, -0.25) is 4.21 Å². The molecular weight excluding hydrogens is 250 g/mol. The van der Waals surface area contributed by atoms with Gasteiger partial charge in [0, 0.05) is 4.90 Å². The van der Waals surface area contributed by atoms with Crippen molar-refractivity contribution in [3.8, 4) is 0 Å². The minimum absolute atomic E-state index is 0. The second-order valence-corrected chi connectivity index (χ2v) is 3.61. The van der Waals surface area contributed by atoms with E-state index < -0.39 is 17.0 Å². The van der Waals surface area contributed by atoms with Crippen molar-refractivity contribution in [2.24, 2.45) is 0 Å². The summed E-state index contributed by atoms with van der Waals surface area (Å²) in [7, 11) is 0. The molecule has 1 aromatic carbocycles. The Kier molecular flexibility index (Phi) is 10.6. The zero-order valence-electron chi connectivity index (χ0n) is 9.48. The maximum atomic E-state index is 10.7. The summed E-state index contributed by atoms with van der Waals surface area (Å²) in [6, 6.07) is 3.93. The Morgan fingerprint density at radius 1 is 1.38 bits per heavy atom. The van der Waals surface area contributed by atoms with Gasteiger partial charge in [-0.05, 0) is 34.7 Å². The molecule has 0 amide bonds. The van der Waals surface area contributed by atoms with Crippen molar-refractivity contribution in [2.75, 3.05) is 0 Å². The van der Waals surface area contributed by atoms with Crippen molar-refractivity contribution in [3.63, 3.8) is 0 Å². The number of hydrogen-bond donors (Lipinski definition) is 0. The fraction of sp³-hybridized carbons (Fsp3) is 0.222. The summed E-state index contributed by atoms with van der Waals surface area (Å²) in [6.07, 6.45) is 0.538. The molecule has 0 saturated heterocycles. The van der Waals surface area contributed by atoms with Crippen LogP contribution in [-0.4, -0.2) is 14.7 Å². The molecule has 0 fully saturated rings. The molecule has 0 aliphatic heterocycles. The van der Waals surface area contributed by atoms with Crippen molar-refractivity contribution in [2.45, 2.75) is 18.2 Å². The minimum atomic E-state index is -2.41. The van der Waals surface area contributed by atoms with E-state index in [0.717, 1.165) is 6.07 Å². The molecule has 4 nitrogen and oxygen atoms in total. The van der Waals surface area contributed by atoms with Crippen LogP contribution in [0, 0.1) is 0 Å². The largest absolute Gasteiger partial charge is 1.00 e. The van der Waals surface area contributed by atoms with E-state index in [9.17, 15) is 18.7 Å². The van der Waals surface area contributed by atoms with E-state index in [-0.39, 0.29) is 69.6 Å². The van der Waals surface area contributed by atoms with Crippen LogP contribution in [0.4, 0.5) is 0 Å². The second kappa shape index (κ2) is 8.83. The molecule has 1 rings (SSSR count). The van der Waals surface area contributed by atoms with Crippen molar-refractivity contribution < 1.29 is 77.8 Å². The molecule has 0 heterocycles. The normalized spacial score (nSPS) is 10.9. The fourth-order valence-corrected chi connectivity index (χ4v) is 1.78. The van der Waals surface area contributed by atoms with Gasteiger partial charge in [0.25, 0.3) is 0 Å². The predicted molar refractivity (Wildman–Crippen MR) is 47.3 cm³/mol.